The summed E-state index contributed by atoms with van der Waals surface area (Å²) in [6.45, 7) is -1.69. The quantitative estimate of drug-likeness (QED) is 0.824. The molecule has 9 heteroatoms. The molecular formula is C15H11ClF4N2O2. The smallest absolute Gasteiger partial charge is 0.422 e. The lowest BCUT2D eigenvalue weighted by Gasteiger charge is -2.12. The molecule has 1 heterocycles. The van der Waals surface area contributed by atoms with Gasteiger partial charge in [-0.05, 0) is 24.3 Å². The van der Waals surface area contributed by atoms with E-state index >= 15 is 0 Å². The lowest BCUT2D eigenvalue weighted by Crippen LogP contribution is -2.25. The zero-order valence-corrected chi connectivity index (χ0v) is 12.8. The number of alkyl halides is 3. The Bertz CT molecular complexity index is 738. The van der Waals surface area contributed by atoms with Gasteiger partial charge in [-0.3, -0.25) is 4.79 Å². The van der Waals surface area contributed by atoms with Crippen LogP contribution in [0.2, 0.25) is 5.02 Å². The Morgan fingerprint density at radius 2 is 2.04 bits per heavy atom. The third-order valence-corrected chi connectivity index (χ3v) is 3.07. The molecule has 1 aromatic heterocycles. The van der Waals surface area contributed by atoms with Gasteiger partial charge in [0.05, 0.1) is 5.56 Å². The van der Waals surface area contributed by atoms with Crippen LogP contribution in [0.5, 0.6) is 5.88 Å². The predicted octanol–water partition coefficient (Wildman–Crippen LogP) is 3.75. The molecule has 24 heavy (non-hydrogen) atoms. The number of rotatable bonds is 5. The minimum absolute atomic E-state index is 0.178. The first kappa shape index (κ1) is 18.0. The van der Waals surface area contributed by atoms with Crippen molar-refractivity contribution in [1.29, 1.82) is 0 Å². The number of ether oxygens (including phenoxy) is 1. The second kappa shape index (κ2) is 7.48. The van der Waals surface area contributed by atoms with E-state index in [-0.39, 0.29) is 28.6 Å². The molecule has 1 N–H and O–H groups in total. The van der Waals surface area contributed by atoms with Gasteiger partial charge in [0.2, 0.25) is 5.88 Å². The summed E-state index contributed by atoms with van der Waals surface area (Å²) in [4.78, 5) is 15.7. The zero-order valence-electron chi connectivity index (χ0n) is 12.0. The average molecular weight is 363 g/mol. The molecular weight excluding hydrogens is 352 g/mol. The van der Waals surface area contributed by atoms with Gasteiger partial charge in [-0.15, -0.1) is 0 Å². The van der Waals surface area contributed by atoms with Crippen LogP contribution in [-0.2, 0) is 6.54 Å². The van der Waals surface area contributed by atoms with Crippen LogP contribution in [0.4, 0.5) is 17.6 Å². The van der Waals surface area contributed by atoms with Crippen LogP contribution < -0.4 is 10.1 Å². The molecule has 1 aromatic carbocycles. The van der Waals surface area contributed by atoms with Crippen LogP contribution in [0, 0.1) is 5.82 Å². The monoisotopic (exact) mass is 362 g/mol. The van der Waals surface area contributed by atoms with Crippen LogP contribution in [0.25, 0.3) is 0 Å². The van der Waals surface area contributed by atoms with E-state index in [4.69, 9.17) is 11.6 Å². The molecule has 0 radical (unpaired) electrons. The molecule has 2 aromatic rings. The number of carbonyl (C=O) groups excluding carboxylic acids is 1. The number of hydrogen-bond acceptors (Lipinski definition) is 3. The first-order chi connectivity index (χ1) is 11.3. The Hall–Kier alpha value is -2.35. The van der Waals surface area contributed by atoms with Gasteiger partial charge in [0, 0.05) is 23.3 Å². The molecule has 0 spiro atoms. The normalized spacial score (nSPS) is 11.2. The molecule has 0 saturated heterocycles. The summed E-state index contributed by atoms with van der Waals surface area (Å²) >= 11 is 5.70. The summed E-state index contributed by atoms with van der Waals surface area (Å²) in [5.41, 5.74) is -0.0540. The Morgan fingerprint density at radius 1 is 1.29 bits per heavy atom. The maximum absolute atomic E-state index is 13.6. The second-order valence-electron chi connectivity index (χ2n) is 4.68. The third-order valence-electron chi connectivity index (χ3n) is 2.83. The first-order valence-electron chi connectivity index (χ1n) is 6.63. The van der Waals surface area contributed by atoms with Gasteiger partial charge < -0.3 is 10.1 Å². The maximum atomic E-state index is 13.6. The minimum Gasteiger partial charge on any atom is -0.468 e. The van der Waals surface area contributed by atoms with Gasteiger partial charge in [-0.2, -0.15) is 13.2 Å². The number of benzene rings is 1. The van der Waals surface area contributed by atoms with Crippen molar-refractivity contribution >= 4 is 17.5 Å². The van der Waals surface area contributed by atoms with Crippen molar-refractivity contribution in [3.63, 3.8) is 0 Å². The van der Waals surface area contributed by atoms with E-state index in [1.54, 1.807) is 0 Å². The van der Waals surface area contributed by atoms with Crippen molar-refractivity contribution < 1.29 is 27.1 Å². The Kier molecular flexibility index (Phi) is 5.61. The zero-order chi connectivity index (χ0) is 17.7. The third kappa shape index (κ3) is 5.09. The van der Waals surface area contributed by atoms with Crippen LogP contribution in [0.3, 0.4) is 0 Å². The number of nitrogens with zero attached hydrogens (tertiary/aromatic N) is 1. The van der Waals surface area contributed by atoms with Gasteiger partial charge >= 0.3 is 6.18 Å². The highest BCUT2D eigenvalue weighted by atomic mass is 35.5. The summed E-state index contributed by atoms with van der Waals surface area (Å²) in [5.74, 6) is -1.79. The van der Waals surface area contributed by atoms with E-state index in [0.29, 0.717) is 0 Å². The standard InChI is InChI=1S/C15H11ClF4N2O2/c16-10-3-4-12(17)11(6-10)13(23)22-7-9-2-1-5-21-14(9)24-8-15(18,19)20/h1-6H,7-8H2,(H,22,23). The van der Waals surface area contributed by atoms with Crippen LogP contribution in [0.15, 0.2) is 36.5 Å². The number of halogens is 5. The van der Waals surface area contributed by atoms with Crippen LogP contribution >= 0.6 is 11.6 Å². The van der Waals surface area contributed by atoms with Gasteiger partial charge in [0.15, 0.2) is 6.61 Å². The molecule has 0 aliphatic heterocycles. The number of nitrogens with one attached hydrogen (secondary N) is 1. The van der Waals surface area contributed by atoms with E-state index in [2.05, 4.69) is 15.0 Å². The largest absolute Gasteiger partial charge is 0.468 e. The molecule has 0 unspecified atom stereocenters. The SMILES string of the molecule is O=C(NCc1cccnc1OCC(F)(F)F)c1cc(Cl)ccc1F. The lowest BCUT2D eigenvalue weighted by molar-refractivity contribution is -0.154. The van der Waals surface area contributed by atoms with Crippen molar-refractivity contribution in [2.24, 2.45) is 0 Å². The van der Waals surface area contributed by atoms with Gasteiger partial charge in [-0.25, -0.2) is 9.37 Å². The topological polar surface area (TPSA) is 51.2 Å². The van der Waals surface area contributed by atoms with E-state index in [1.165, 1.54) is 24.4 Å². The maximum Gasteiger partial charge on any atom is 0.422 e. The molecule has 0 saturated carbocycles. The highest BCUT2D eigenvalue weighted by Gasteiger charge is 2.29. The molecule has 1 amide bonds. The number of aromatic nitrogens is 1. The molecule has 2 rings (SSSR count). The fourth-order valence-corrected chi connectivity index (χ4v) is 1.95. The lowest BCUT2D eigenvalue weighted by atomic mass is 10.2. The van der Waals surface area contributed by atoms with Crippen molar-refractivity contribution in [2.45, 2.75) is 12.7 Å². The van der Waals surface area contributed by atoms with Crippen molar-refractivity contribution in [3.8, 4) is 5.88 Å². The van der Waals surface area contributed by atoms with E-state index < -0.39 is 24.5 Å². The summed E-state index contributed by atoms with van der Waals surface area (Å²) in [6, 6.07) is 6.39. The average Bonchev–Trinajstić information content (AvgIpc) is 2.53. The predicted molar refractivity (Wildman–Crippen MR) is 78.4 cm³/mol. The van der Waals surface area contributed by atoms with Crippen LogP contribution in [-0.4, -0.2) is 23.7 Å². The highest BCUT2D eigenvalue weighted by Crippen LogP contribution is 2.20. The number of hydrogen-bond donors (Lipinski definition) is 1. The van der Waals surface area contributed by atoms with Crippen molar-refractivity contribution in [1.82, 2.24) is 10.3 Å². The fourth-order valence-electron chi connectivity index (χ4n) is 1.78. The summed E-state index contributed by atoms with van der Waals surface area (Å²) in [5, 5.41) is 2.56. The summed E-state index contributed by atoms with van der Waals surface area (Å²) in [6.07, 6.45) is -3.25. The Balaban J connectivity index is 2.06. The van der Waals surface area contributed by atoms with E-state index in [0.717, 1.165) is 12.1 Å². The Morgan fingerprint density at radius 3 is 2.75 bits per heavy atom. The molecule has 128 valence electrons. The van der Waals surface area contributed by atoms with Gasteiger partial charge in [-0.1, -0.05) is 17.7 Å². The molecule has 0 fully saturated rings. The highest BCUT2D eigenvalue weighted by molar-refractivity contribution is 6.31. The molecule has 0 atom stereocenters. The first-order valence-corrected chi connectivity index (χ1v) is 7.01. The van der Waals surface area contributed by atoms with Crippen molar-refractivity contribution in [3.05, 3.63) is 58.5 Å². The number of pyridine rings is 1. The molecule has 0 bridgehead atoms. The molecule has 4 nitrogen and oxygen atoms in total. The van der Waals surface area contributed by atoms with Gasteiger partial charge in [0.1, 0.15) is 5.82 Å². The van der Waals surface area contributed by atoms with E-state index in [9.17, 15) is 22.4 Å². The molecule has 0 aliphatic rings. The van der Waals surface area contributed by atoms with Gasteiger partial charge in [0.25, 0.3) is 5.91 Å². The Labute approximate surface area is 139 Å². The summed E-state index contributed by atoms with van der Waals surface area (Å²) < 4.78 is 54.8. The second-order valence-corrected chi connectivity index (χ2v) is 5.11. The molecule has 0 aliphatic carbocycles. The minimum atomic E-state index is -4.51. The summed E-state index contributed by atoms with van der Waals surface area (Å²) in [7, 11) is 0. The van der Waals surface area contributed by atoms with Crippen molar-refractivity contribution in [2.75, 3.05) is 6.61 Å². The van der Waals surface area contributed by atoms with Crippen LogP contribution in [0.1, 0.15) is 15.9 Å². The number of carbonyl (C=O) groups is 1. The fraction of sp³-hybridized carbons (Fsp3) is 0.200. The van der Waals surface area contributed by atoms with E-state index in [1.807, 2.05) is 0 Å². The number of amides is 1.